The fraction of sp³-hybridized carbons (Fsp3) is 0.375. The molecule has 4 heteroatoms. The minimum atomic E-state index is 0.858. The molecule has 1 aliphatic heterocycles. The minimum absolute atomic E-state index is 0.858. The minimum Gasteiger partial charge on any atom is -0.356 e. The predicted molar refractivity (Wildman–Crippen MR) is 116 cm³/mol. The highest BCUT2D eigenvalue weighted by atomic mass is 15.4. The lowest BCUT2D eigenvalue weighted by atomic mass is 10.1. The normalized spacial score (nSPS) is 14.4. The van der Waals surface area contributed by atoms with E-state index in [2.05, 4.69) is 82.5 Å². The van der Waals surface area contributed by atoms with Gasteiger partial charge in [-0.3, -0.25) is 0 Å². The van der Waals surface area contributed by atoms with E-state index in [1.54, 1.807) is 0 Å². The summed E-state index contributed by atoms with van der Waals surface area (Å²) in [4.78, 5) is 2.53. The van der Waals surface area contributed by atoms with E-state index in [1.807, 2.05) is 0 Å². The number of hydrogen-bond donors (Lipinski definition) is 1. The molecule has 4 rings (SSSR count). The zero-order chi connectivity index (χ0) is 19.2. The van der Waals surface area contributed by atoms with Crippen LogP contribution in [0, 0.1) is 6.92 Å². The van der Waals surface area contributed by atoms with E-state index in [-0.39, 0.29) is 0 Å². The molecule has 0 aliphatic carbocycles. The largest absolute Gasteiger partial charge is 0.356 e. The van der Waals surface area contributed by atoms with Gasteiger partial charge in [-0.05, 0) is 56.8 Å². The van der Waals surface area contributed by atoms with Crippen molar-refractivity contribution < 1.29 is 0 Å². The third-order valence-electron chi connectivity index (χ3n) is 5.55. The second-order valence-electron chi connectivity index (χ2n) is 7.60. The number of nitrogens with zero attached hydrogens (tertiary/aromatic N) is 3. The fourth-order valence-electron chi connectivity index (χ4n) is 4.02. The van der Waals surface area contributed by atoms with Crippen LogP contribution >= 0.6 is 0 Å². The smallest absolute Gasteiger partial charge is 0.137 e. The number of piperidine rings is 1. The Morgan fingerprint density at radius 3 is 2.29 bits per heavy atom. The number of anilines is 1. The molecule has 1 N–H and O–H groups in total. The standard InChI is InChI=1S/C24H30N4/c1-20-23(19-25-16-15-21-11-5-2-6-12-21)24(27-17-9-4-10-18-27)28(26-20)22-13-7-3-8-14-22/h2-3,5-8,11-14,25H,4,9-10,15-19H2,1H3. The summed E-state index contributed by atoms with van der Waals surface area (Å²) in [7, 11) is 0. The summed E-state index contributed by atoms with van der Waals surface area (Å²) in [6, 6.07) is 21.2. The van der Waals surface area contributed by atoms with Crippen molar-refractivity contribution in [1.29, 1.82) is 0 Å². The van der Waals surface area contributed by atoms with Gasteiger partial charge in [-0.25, -0.2) is 4.68 Å². The summed E-state index contributed by atoms with van der Waals surface area (Å²) in [5, 5.41) is 8.58. The molecule has 4 nitrogen and oxygen atoms in total. The molecular formula is C24H30N4. The first-order valence-corrected chi connectivity index (χ1v) is 10.5. The number of nitrogens with one attached hydrogen (secondary N) is 1. The van der Waals surface area contributed by atoms with Crippen LogP contribution < -0.4 is 10.2 Å². The Kier molecular flexibility index (Phi) is 6.07. The Bertz CT molecular complexity index is 864. The first-order valence-electron chi connectivity index (χ1n) is 10.5. The van der Waals surface area contributed by atoms with E-state index in [4.69, 9.17) is 5.10 Å². The average Bonchev–Trinajstić information content (AvgIpc) is 3.09. The maximum Gasteiger partial charge on any atom is 0.137 e. The second kappa shape index (κ2) is 9.07. The van der Waals surface area contributed by atoms with Crippen LogP contribution in [0.25, 0.3) is 5.69 Å². The molecule has 0 amide bonds. The maximum atomic E-state index is 4.93. The number of rotatable bonds is 7. The summed E-state index contributed by atoms with van der Waals surface area (Å²) in [6.07, 6.45) is 4.91. The highest BCUT2D eigenvalue weighted by Crippen LogP contribution is 2.29. The molecule has 28 heavy (non-hydrogen) atoms. The summed E-state index contributed by atoms with van der Waals surface area (Å²) >= 11 is 0. The quantitative estimate of drug-likeness (QED) is 0.618. The van der Waals surface area contributed by atoms with Crippen molar-refractivity contribution in [3.05, 3.63) is 77.5 Å². The lowest BCUT2D eigenvalue weighted by Crippen LogP contribution is -2.32. The van der Waals surface area contributed by atoms with Gasteiger partial charge in [0, 0.05) is 25.2 Å². The lowest BCUT2D eigenvalue weighted by Gasteiger charge is -2.30. The van der Waals surface area contributed by atoms with Gasteiger partial charge >= 0.3 is 0 Å². The fourth-order valence-corrected chi connectivity index (χ4v) is 4.02. The third kappa shape index (κ3) is 4.28. The van der Waals surface area contributed by atoms with Crippen molar-refractivity contribution in [2.45, 2.75) is 39.2 Å². The monoisotopic (exact) mass is 374 g/mol. The number of aryl methyl sites for hydroxylation is 1. The molecule has 0 radical (unpaired) electrons. The van der Waals surface area contributed by atoms with Gasteiger partial charge in [0.25, 0.3) is 0 Å². The van der Waals surface area contributed by atoms with Crippen molar-refractivity contribution in [3.63, 3.8) is 0 Å². The molecule has 0 unspecified atom stereocenters. The zero-order valence-electron chi connectivity index (χ0n) is 16.8. The number of benzene rings is 2. The van der Waals surface area contributed by atoms with Crippen molar-refractivity contribution >= 4 is 5.82 Å². The third-order valence-corrected chi connectivity index (χ3v) is 5.55. The Morgan fingerprint density at radius 2 is 1.57 bits per heavy atom. The SMILES string of the molecule is Cc1nn(-c2ccccc2)c(N2CCCCC2)c1CNCCc1ccccc1. The molecule has 0 bridgehead atoms. The molecule has 1 aliphatic rings. The van der Waals surface area contributed by atoms with Crippen LogP contribution in [0.5, 0.6) is 0 Å². The van der Waals surface area contributed by atoms with Crippen LogP contribution in [0.2, 0.25) is 0 Å². The Labute approximate surface area is 168 Å². The highest BCUT2D eigenvalue weighted by molar-refractivity contribution is 5.55. The Balaban J connectivity index is 1.54. The van der Waals surface area contributed by atoms with Gasteiger partial charge in [-0.15, -0.1) is 0 Å². The van der Waals surface area contributed by atoms with Crippen molar-refractivity contribution in [2.24, 2.45) is 0 Å². The average molecular weight is 375 g/mol. The number of para-hydroxylation sites is 1. The van der Waals surface area contributed by atoms with Crippen LogP contribution in [0.3, 0.4) is 0 Å². The maximum absolute atomic E-state index is 4.93. The van der Waals surface area contributed by atoms with E-state index in [0.717, 1.165) is 44.0 Å². The van der Waals surface area contributed by atoms with Gasteiger partial charge in [-0.2, -0.15) is 5.10 Å². The van der Waals surface area contributed by atoms with Crippen molar-refractivity contribution in [1.82, 2.24) is 15.1 Å². The molecule has 2 heterocycles. The first kappa shape index (κ1) is 18.8. The topological polar surface area (TPSA) is 33.1 Å². The van der Waals surface area contributed by atoms with Gasteiger partial charge in [0.2, 0.25) is 0 Å². The van der Waals surface area contributed by atoms with Crippen molar-refractivity contribution in [2.75, 3.05) is 24.5 Å². The Morgan fingerprint density at radius 1 is 0.893 bits per heavy atom. The number of aromatic nitrogens is 2. The van der Waals surface area contributed by atoms with Gasteiger partial charge in [0.15, 0.2) is 0 Å². The molecule has 1 aromatic heterocycles. The van der Waals surface area contributed by atoms with E-state index >= 15 is 0 Å². The van der Waals surface area contributed by atoms with Crippen LogP contribution in [0.1, 0.15) is 36.1 Å². The van der Waals surface area contributed by atoms with Gasteiger partial charge in [0.05, 0.1) is 11.4 Å². The summed E-state index contributed by atoms with van der Waals surface area (Å²) in [5.41, 5.74) is 4.97. The zero-order valence-corrected chi connectivity index (χ0v) is 16.8. The second-order valence-corrected chi connectivity index (χ2v) is 7.60. The molecule has 0 spiro atoms. The molecule has 3 aromatic rings. The van der Waals surface area contributed by atoms with Crippen LogP contribution in [-0.2, 0) is 13.0 Å². The highest BCUT2D eigenvalue weighted by Gasteiger charge is 2.23. The summed E-state index contributed by atoms with van der Waals surface area (Å²) < 4.78 is 2.15. The molecule has 1 fully saturated rings. The van der Waals surface area contributed by atoms with Crippen molar-refractivity contribution in [3.8, 4) is 5.69 Å². The molecule has 2 aromatic carbocycles. The van der Waals surface area contributed by atoms with Gasteiger partial charge < -0.3 is 10.2 Å². The van der Waals surface area contributed by atoms with Crippen LogP contribution in [0.15, 0.2) is 60.7 Å². The van der Waals surface area contributed by atoms with Crippen LogP contribution in [-0.4, -0.2) is 29.4 Å². The predicted octanol–water partition coefficient (Wildman–Crippen LogP) is 4.50. The van der Waals surface area contributed by atoms with E-state index in [0.29, 0.717) is 0 Å². The first-order chi connectivity index (χ1) is 13.8. The molecule has 146 valence electrons. The summed E-state index contributed by atoms with van der Waals surface area (Å²) in [6.45, 7) is 6.21. The Hall–Kier alpha value is -2.59. The van der Waals surface area contributed by atoms with Gasteiger partial charge in [-0.1, -0.05) is 48.5 Å². The van der Waals surface area contributed by atoms with Crippen LogP contribution in [0.4, 0.5) is 5.82 Å². The van der Waals surface area contributed by atoms with E-state index < -0.39 is 0 Å². The molecule has 0 saturated carbocycles. The van der Waals surface area contributed by atoms with Gasteiger partial charge in [0.1, 0.15) is 5.82 Å². The molecule has 0 atom stereocenters. The lowest BCUT2D eigenvalue weighted by molar-refractivity contribution is 0.564. The number of hydrogen-bond acceptors (Lipinski definition) is 3. The molecular weight excluding hydrogens is 344 g/mol. The molecule has 1 saturated heterocycles. The van der Waals surface area contributed by atoms with E-state index in [9.17, 15) is 0 Å². The summed E-state index contributed by atoms with van der Waals surface area (Å²) in [5.74, 6) is 1.27. The van der Waals surface area contributed by atoms with E-state index in [1.165, 1.54) is 36.2 Å².